The first-order valence-electron chi connectivity index (χ1n) is 11.2. The first-order valence-corrected chi connectivity index (χ1v) is 11.2. The molecule has 5 nitrogen and oxygen atoms in total. The van der Waals surface area contributed by atoms with Gasteiger partial charge in [0, 0.05) is 24.6 Å². The highest BCUT2D eigenvalue weighted by Gasteiger charge is 2.40. The first-order chi connectivity index (χ1) is 16.1. The average molecular weight is 439 g/mol. The van der Waals surface area contributed by atoms with Gasteiger partial charge in [0.15, 0.2) is 5.78 Å². The van der Waals surface area contributed by atoms with Crippen LogP contribution in [0.3, 0.4) is 0 Å². The lowest BCUT2D eigenvalue weighted by atomic mass is 9.78. The minimum absolute atomic E-state index is 0.0597. The second kappa shape index (κ2) is 8.58. The maximum absolute atomic E-state index is 13.8. The Balaban J connectivity index is 1.71. The second-order valence-electron chi connectivity index (χ2n) is 8.54. The maximum atomic E-state index is 13.8. The normalized spacial score (nSPS) is 19.8. The van der Waals surface area contributed by atoms with E-state index < -0.39 is 6.04 Å². The number of nitrogens with one attached hydrogen (secondary N) is 1. The Labute approximate surface area is 193 Å². The molecule has 0 fully saturated rings. The number of ether oxygens (including phenoxy) is 1. The Morgan fingerprint density at radius 3 is 2.42 bits per heavy atom. The van der Waals surface area contributed by atoms with Crippen LogP contribution in [-0.4, -0.2) is 18.8 Å². The third-order valence-corrected chi connectivity index (χ3v) is 6.51. The minimum atomic E-state index is -0.534. The minimum Gasteiger partial charge on any atom is -0.497 e. The van der Waals surface area contributed by atoms with E-state index in [0.717, 1.165) is 28.2 Å². The number of amides is 1. The number of rotatable bonds is 3. The Hall–Kier alpha value is -3.86. The predicted molar refractivity (Wildman–Crippen MR) is 129 cm³/mol. The number of allylic oxidation sites excluding steroid dienone is 1. The molecule has 1 amide bonds. The first kappa shape index (κ1) is 21.0. The lowest BCUT2D eigenvalue weighted by Gasteiger charge is -2.34. The molecule has 1 N–H and O–H groups in total. The maximum Gasteiger partial charge on any atom is 0.224 e. The number of fused-ring (bicyclic) bond motifs is 1. The van der Waals surface area contributed by atoms with Crippen LogP contribution in [0.4, 0.5) is 11.4 Å². The molecule has 1 aliphatic carbocycles. The summed E-state index contributed by atoms with van der Waals surface area (Å²) in [5.74, 6) is 0.717. The van der Waals surface area contributed by atoms with Crippen molar-refractivity contribution in [1.82, 2.24) is 0 Å². The van der Waals surface area contributed by atoms with Gasteiger partial charge in [-0.05, 0) is 47.7 Å². The summed E-state index contributed by atoms with van der Waals surface area (Å²) in [6, 6.07) is 25.0. The SMILES string of the molecule is COc1cccc(C2C3=C(CC(c4ccccc4)CC3=O)Nc3ccccc3N2C(C)=O)c1. The van der Waals surface area contributed by atoms with E-state index in [-0.39, 0.29) is 17.6 Å². The molecule has 1 aliphatic heterocycles. The fourth-order valence-corrected chi connectivity index (χ4v) is 5.03. The highest BCUT2D eigenvalue weighted by Crippen LogP contribution is 2.47. The Morgan fingerprint density at radius 2 is 1.67 bits per heavy atom. The standard InChI is InChI=1S/C28H26N2O3/c1-18(31)30-25-14-7-6-13-23(25)29-24-16-21(19-9-4-3-5-10-19)17-26(32)27(24)28(30)20-11-8-12-22(15-20)33-2/h3-15,21,28-29H,16-17H2,1-2H3. The van der Waals surface area contributed by atoms with Gasteiger partial charge >= 0.3 is 0 Å². The number of nitrogens with zero attached hydrogens (tertiary/aromatic N) is 1. The van der Waals surface area contributed by atoms with Gasteiger partial charge < -0.3 is 10.1 Å². The summed E-state index contributed by atoms with van der Waals surface area (Å²) in [6.07, 6.45) is 1.11. The second-order valence-corrected chi connectivity index (χ2v) is 8.54. The highest BCUT2D eigenvalue weighted by atomic mass is 16.5. The molecule has 5 rings (SSSR count). The molecular weight excluding hydrogens is 412 g/mol. The van der Waals surface area contributed by atoms with Gasteiger partial charge in [-0.1, -0.05) is 54.6 Å². The number of anilines is 2. The quantitative estimate of drug-likeness (QED) is 0.577. The molecule has 0 radical (unpaired) electrons. The summed E-state index contributed by atoms with van der Waals surface area (Å²) in [4.78, 5) is 28.5. The zero-order chi connectivity index (χ0) is 22.9. The Kier molecular flexibility index (Phi) is 5.47. The van der Waals surface area contributed by atoms with E-state index in [1.807, 2.05) is 66.7 Å². The van der Waals surface area contributed by atoms with E-state index in [1.165, 1.54) is 0 Å². The molecule has 0 saturated carbocycles. The van der Waals surface area contributed by atoms with E-state index in [1.54, 1.807) is 18.9 Å². The van der Waals surface area contributed by atoms with Crippen molar-refractivity contribution < 1.29 is 14.3 Å². The van der Waals surface area contributed by atoms with E-state index in [0.29, 0.717) is 24.2 Å². The summed E-state index contributed by atoms with van der Waals surface area (Å²) in [5, 5.41) is 3.54. The smallest absolute Gasteiger partial charge is 0.224 e. The number of methoxy groups -OCH3 is 1. The van der Waals surface area contributed by atoms with Gasteiger partial charge in [0.1, 0.15) is 5.75 Å². The van der Waals surface area contributed by atoms with Crippen LogP contribution in [0.5, 0.6) is 5.75 Å². The van der Waals surface area contributed by atoms with Crippen molar-refractivity contribution in [3.63, 3.8) is 0 Å². The fourth-order valence-electron chi connectivity index (χ4n) is 5.03. The molecule has 0 spiro atoms. The van der Waals surface area contributed by atoms with Crippen molar-refractivity contribution in [2.45, 2.75) is 31.7 Å². The number of benzene rings is 3. The predicted octanol–water partition coefficient (Wildman–Crippen LogP) is 5.62. The van der Waals surface area contributed by atoms with Crippen molar-refractivity contribution in [1.29, 1.82) is 0 Å². The summed E-state index contributed by atoms with van der Waals surface area (Å²) in [7, 11) is 1.62. The van der Waals surface area contributed by atoms with Gasteiger partial charge in [-0.25, -0.2) is 0 Å². The van der Waals surface area contributed by atoms with Gasteiger partial charge in [-0.3, -0.25) is 14.5 Å². The van der Waals surface area contributed by atoms with Crippen LogP contribution in [0, 0.1) is 0 Å². The number of carbonyl (C=O) groups excluding carboxylic acids is 2. The topological polar surface area (TPSA) is 58.6 Å². The van der Waals surface area contributed by atoms with Crippen molar-refractivity contribution in [3.05, 3.63) is 101 Å². The number of carbonyl (C=O) groups is 2. The van der Waals surface area contributed by atoms with Gasteiger partial charge in [-0.15, -0.1) is 0 Å². The van der Waals surface area contributed by atoms with Crippen molar-refractivity contribution >= 4 is 23.1 Å². The molecule has 0 saturated heterocycles. The molecule has 33 heavy (non-hydrogen) atoms. The van der Waals surface area contributed by atoms with Gasteiger partial charge in [0.2, 0.25) is 5.91 Å². The van der Waals surface area contributed by atoms with E-state index in [4.69, 9.17) is 4.74 Å². The van der Waals surface area contributed by atoms with Gasteiger partial charge in [-0.2, -0.15) is 0 Å². The van der Waals surface area contributed by atoms with Crippen molar-refractivity contribution in [2.24, 2.45) is 0 Å². The average Bonchev–Trinajstić information content (AvgIpc) is 2.99. The summed E-state index contributed by atoms with van der Waals surface area (Å²) in [5.41, 5.74) is 5.12. The molecule has 3 aromatic carbocycles. The number of hydrogen-bond acceptors (Lipinski definition) is 4. The zero-order valence-corrected chi connectivity index (χ0v) is 18.7. The summed E-state index contributed by atoms with van der Waals surface area (Å²) >= 11 is 0. The van der Waals surface area contributed by atoms with Crippen LogP contribution in [0.15, 0.2) is 90.1 Å². The van der Waals surface area contributed by atoms with Gasteiger partial charge in [0.05, 0.1) is 24.5 Å². The molecule has 2 unspecified atom stereocenters. The van der Waals surface area contributed by atoms with Crippen LogP contribution in [0.2, 0.25) is 0 Å². The number of ketones is 1. The highest BCUT2D eigenvalue weighted by molar-refractivity contribution is 6.06. The number of hydrogen-bond donors (Lipinski definition) is 1. The van der Waals surface area contributed by atoms with Crippen LogP contribution in [0.1, 0.15) is 42.9 Å². The van der Waals surface area contributed by atoms with Crippen LogP contribution < -0.4 is 15.0 Å². The Bertz CT molecular complexity index is 1250. The molecule has 0 aromatic heterocycles. The molecule has 2 aliphatic rings. The van der Waals surface area contributed by atoms with Crippen LogP contribution in [-0.2, 0) is 9.59 Å². The summed E-state index contributed by atoms with van der Waals surface area (Å²) < 4.78 is 5.46. The van der Waals surface area contributed by atoms with Crippen molar-refractivity contribution in [3.8, 4) is 5.75 Å². The van der Waals surface area contributed by atoms with Crippen molar-refractivity contribution in [2.75, 3.05) is 17.3 Å². The molecule has 3 aromatic rings. The Morgan fingerprint density at radius 1 is 0.939 bits per heavy atom. The number of para-hydroxylation sites is 2. The molecule has 5 heteroatoms. The lowest BCUT2D eigenvalue weighted by molar-refractivity contribution is -0.117. The zero-order valence-electron chi connectivity index (χ0n) is 18.7. The van der Waals surface area contributed by atoms with Crippen LogP contribution >= 0.6 is 0 Å². The fraction of sp³-hybridized carbons (Fsp3) is 0.214. The largest absolute Gasteiger partial charge is 0.497 e. The molecular formula is C28H26N2O3. The van der Waals surface area contributed by atoms with Crippen LogP contribution in [0.25, 0.3) is 0 Å². The molecule has 1 heterocycles. The molecule has 0 bridgehead atoms. The third-order valence-electron chi connectivity index (χ3n) is 6.51. The van der Waals surface area contributed by atoms with E-state index >= 15 is 0 Å². The van der Waals surface area contributed by atoms with Gasteiger partial charge in [0.25, 0.3) is 0 Å². The molecule has 166 valence electrons. The monoisotopic (exact) mass is 438 g/mol. The van der Waals surface area contributed by atoms with E-state index in [2.05, 4.69) is 17.4 Å². The third kappa shape index (κ3) is 3.80. The number of Topliss-reactive ketones (excluding diaryl/α,β-unsaturated/α-hetero) is 1. The lowest BCUT2D eigenvalue weighted by Crippen LogP contribution is -2.37. The molecule has 2 atom stereocenters. The van der Waals surface area contributed by atoms with E-state index in [9.17, 15) is 9.59 Å². The summed E-state index contributed by atoms with van der Waals surface area (Å²) in [6.45, 7) is 1.55.